The number of H-pyrrole nitrogens is 1. The van der Waals surface area contributed by atoms with E-state index in [1.54, 1.807) is 6.20 Å². The Kier molecular flexibility index (Phi) is 8.27. The number of pyridine rings is 2. The lowest BCUT2D eigenvalue weighted by Crippen LogP contribution is -2.52. The topological polar surface area (TPSA) is 109 Å². The SMILES string of the molecule is CSc1cc(C)[nH]c(=O)c1CNC(=O)c1c(C)n([C@H](C)C2CCC(C(=O)NC3CC(F)(F)C3)CC2)c2ncccc12. The van der Waals surface area contributed by atoms with Crippen LogP contribution in [0.1, 0.15) is 78.8 Å². The van der Waals surface area contributed by atoms with E-state index in [0.29, 0.717) is 24.0 Å². The van der Waals surface area contributed by atoms with E-state index in [4.69, 9.17) is 0 Å². The highest BCUT2D eigenvalue weighted by Gasteiger charge is 2.46. The van der Waals surface area contributed by atoms with Gasteiger partial charge in [-0.2, -0.15) is 0 Å². The largest absolute Gasteiger partial charge is 0.353 e. The second kappa shape index (κ2) is 11.6. The van der Waals surface area contributed by atoms with Gasteiger partial charge in [-0.15, -0.1) is 11.8 Å². The number of nitrogens with zero attached hydrogens (tertiary/aromatic N) is 2. The van der Waals surface area contributed by atoms with Gasteiger partial charge in [-0.25, -0.2) is 13.8 Å². The summed E-state index contributed by atoms with van der Waals surface area (Å²) in [6, 6.07) is 5.22. The molecule has 2 aliphatic rings. The fourth-order valence-corrected chi connectivity index (χ4v) is 7.20. The molecule has 220 valence electrons. The number of aryl methyl sites for hydroxylation is 1. The van der Waals surface area contributed by atoms with Crippen molar-refractivity contribution in [2.75, 3.05) is 6.26 Å². The van der Waals surface area contributed by atoms with Crippen molar-refractivity contribution in [1.82, 2.24) is 25.2 Å². The number of rotatable bonds is 8. The van der Waals surface area contributed by atoms with Crippen LogP contribution in [0.15, 0.2) is 34.1 Å². The monoisotopic (exact) mass is 585 g/mol. The normalized spacial score (nSPS) is 21.3. The lowest BCUT2D eigenvalue weighted by Gasteiger charge is -2.37. The number of hydrogen-bond acceptors (Lipinski definition) is 5. The zero-order valence-corrected chi connectivity index (χ0v) is 24.7. The molecule has 5 rings (SSSR count). The molecule has 41 heavy (non-hydrogen) atoms. The lowest BCUT2D eigenvalue weighted by atomic mass is 9.78. The Morgan fingerprint density at radius 3 is 2.59 bits per heavy atom. The van der Waals surface area contributed by atoms with Crippen LogP contribution in [0.25, 0.3) is 11.0 Å². The van der Waals surface area contributed by atoms with Gasteiger partial charge in [0, 0.05) is 70.8 Å². The van der Waals surface area contributed by atoms with Crippen molar-refractivity contribution in [2.45, 2.75) is 88.7 Å². The maximum Gasteiger partial charge on any atom is 0.254 e. The Hall–Kier alpha value is -3.21. The molecule has 2 saturated carbocycles. The Morgan fingerprint density at radius 1 is 1.22 bits per heavy atom. The van der Waals surface area contributed by atoms with Crippen LogP contribution in [0.4, 0.5) is 8.78 Å². The summed E-state index contributed by atoms with van der Waals surface area (Å²) in [5.74, 6) is -2.92. The van der Waals surface area contributed by atoms with Crippen LogP contribution in [0.5, 0.6) is 0 Å². The number of fused-ring (bicyclic) bond motifs is 1. The van der Waals surface area contributed by atoms with Crippen molar-refractivity contribution < 1.29 is 18.4 Å². The van der Waals surface area contributed by atoms with E-state index < -0.39 is 12.0 Å². The van der Waals surface area contributed by atoms with Gasteiger partial charge in [0.05, 0.1) is 5.56 Å². The van der Waals surface area contributed by atoms with Gasteiger partial charge in [0.2, 0.25) is 5.91 Å². The molecule has 0 unspecified atom stereocenters. The third-order valence-electron chi connectivity index (χ3n) is 8.78. The standard InChI is InChI=1S/C30H37F2N5O3S/c1-16-12-24(41-4)23(28(39)35-16)15-34-29(40)25-18(3)37(26-22(25)6-5-11-33-26)17(2)19-7-9-20(10-8-19)27(38)36-21-13-30(31,32)14-21/h5-6,11-12,17,19-21H,7-10,13-15H2,1-4H3,(H,34,40)(H,35,39)(H,36,38)/t17-,19?,20?/m1/s1. The Bertz CT molecular complexity index is 1520. The van der Waals surface area contributed by atoms with Gasteiger partial charge >= 0.3 is 0 Å². The van der Waals surface area contributed by atoms with Crippen LogP contribution in [-0.2, 0) is 11.3 Å². The quantitative estimate of drug-likeness (QED) is 0.312. The third-order valence-corrected chi connectivity index (χ3v) is 9.58. The number of amides is 2. The molecule has 1 atom stereocenters. The highest BCUT2D eigenvalue weighted by molar-refractivity contribution is 7.98. The lowest BCUT2D eigenvalue weighted by molar-refractivity contribution is -0.134. The van der Waals surface area contributed by atoms with Crippen molar-refractivity contribution in [3.05, 3.63) is 57.3 Å². The second-order valence-corrected chi connectivity index (χ2v) is 12.4. The molecule has 3 aromatic heterocycles. The van der Waals surface area contributed by atoms with Crippen LogP contribution in [-0.4, -0.2) is 44.6 Å². The third kappa shape index (κ3) is 5.91. The van der Waals surface area contributed by atoms with E-state index in [1.807, 2.05) is 38.3 Å². The van der Waals surface area contributed by atoms with Crippen LogP contribution in [0.3, 0.4) is 0 Å². The molecule has 0 saturated heterocycles. The summed E-state index contributed by atoms with van der Waals surface area (Å²) < 4.78 is 28.4. The molecule has 11 heteroatoms. The summed E-state index contributed by atoms with van der Waals surface area (Å²) >= 11 is 1.47. The fraction of sp³-hybridized carbons (Fsp3) is 0.533. The van der Waals surface area contributed by atoms with Gasteiger partial charge in [-0.3, -0.25) is 14.4 Å². The van der Waals surface area contributed by atoms with Crippen LogP contribution in [0.2, 0.25) is 0 Å². The molecule has 0 bridgehead atoms. The van der Waals surface area contributed by atoms with Crippen molar-refractivity contribution in [1.29, 1.82) is 0 Å². The maximum atomic E-state index is 13.6. The first-order chi connectivity index (χ1) is 19.5. The molecular weight excluding hydrogens is 548 g/mol. The molecule has 2 amide bonds. The van der Waals surface area contributed by atoms with Crippen LogP contribution >= 0.6 is 11.8 Å². The molecule has 2 aliphatic carbocycles. The highest BCUT2D eigenvalue weighted by Crippen LogP contribution is 2.40. The zero-order chi connectivity index (χ0) is 29.5. The smallest absolute Gasteiger partial charge is 0.254 e. The molecule has 3 heterocycles. The molecule has 8 nitrogen and oxygen atoms in total. The van der Waals surface area contributed by atoms with E-state index in [1.165, 1.54) is 11.8 Å². The molecule has 3 N–H and O–H groups in total. The average Bonchev–Trinajstić information content (AvgIpc) is 3.22. The van der Waals surface area contributed by atoms with Gasteiger partial charge < -0.3 is 20.2 Å². The minimum atomic E-state index is -2.65. The van der Waals surface area contributed by atoms with Gasteiger partial charge in [0.15, 0.2) is 0 Å². The second-order valence-electron chi connectivity index (χ2n) is 11.5. The summed E-state index contributed by atoms with van der Waals surface area (Å²) in [6.07, 6.45) is 6.12. The maximum absolute atomic E-state index is 13.6. The number of carbonyl (C=O) groups is 2. The summed E-state index contributed by atoms with van der Waals surface area (Å²) in [7, 11) is 0. The number of nitrogens with one attached hydrogen (secondary N) is 3. The molecule has 0 aliphatic heterocycles. The zero-order valence-electron chi connectivity index (χ0n) is 23.9. The predicted molar refractivity (Wildman–Crippen MR) is 155 cm³/mol. The first-order valence-electron chi connectivity index (χ1n) is 14.2. The van der Waals surface area contributed by atoms with Gasteiger partial charge in [0.1, 0.15) is 5.65 Å². The van der Waals surface area contributed by atoms with Crippen molar-refractivity contribution in [3.8, 4) is 0 Å². The first kappa shape index (κ1) is 29.3. The minimum Gasteiger partial charge on any atom is -0.353 e. The molecule has 0 radical (unpaired) electrons. The van der Waals surface area contributed by atoms with Gasteiger partial charge in [-0.1, -0.05) is 0 Å². The Morgan fingerprint density at radius 2 is 1.93 bits per heavy atom. The van der Waals surface area contributed by atoms with Crippen molar-refractivity contribution in [2.24, 2.45) is 11.8 Å². The number of carbonyl (C=O) groups excluding carboxylic acids is 2. The number of alkyl halides is 2. The van der Waals surface area contributed by atoms with Crippen molar-refractivity contribution in [3.63, 3.8) is 0 Å². The van der Waals surface area contributed by atoms with Crippen LogP contribution < -0.4 is 16.2 Å². The number of aromatic amines is 1. The summed E-state index contributed by atoms with van der Waals surface area (Å²) in [6.45, 7) is 5.99. The van der Waals surface area contributed by atoms with E-state index in [2.05, 4.69) is 32.1 Å². The summed E-state index contributed by atoms with van der Waals surface area (Å²) in [5, 5.41) is 6.51. The first-order valence-corrected chi connectivity index (χ1v) is 15.4. The Balaban J connectivity index is 1.30. The Labute approximate surface area is 242 Å². The van der Waals surface area contributed by atoms with E-state index in [-0.39, 0.29) is 54.6 Å². The van der Waals surface area contributed by atoms with E-state index >= 15 is 0 Å². The number of thioether (sulfide) groups is 1. The molecular formula is C30H37F2N5O3S. The summed E-state index contributed by atoms with van der Waals surface area (Å²) in [5.41, 5.74) is 3.16. The highest BCUT2D eigenvalue weighted by atomic mass is 32.2. The van der Waals surface area contributed by atoms with E-state index in [9.17, 15) is 23.2 Å². The minimum absolute atomic E-state index is 0.0336. The predicted octanol–water partition coefficient (Wildman–Crippen LogP) is 5.27. The fourth-order valence-electron chi connectivity index (χ4n) is 6.49. The summed E-state index contributed by atoms with van der Waals surface area (Å²) in [4.78, 5) is 47.1. The van der Waals surface area contributed by atoms with Gasteiger partial charge in [0.25, 0.3) is 17.4 Å². The molecule has 0 aromatic carbocycles. The number of halogens is 2. The average molecular weight is 586 g/mol. The van der Waals surface area contributed by atoms with Crippen LogP contribution in [0, 0.1) is 25.7 Å². The molecule has 0 spiro atoms. The number of hydrogen-bond donors (Lipinski definition) is 3. The van der Waals surface area contributed by atoms with Crippen molar-refractivity contribution >= 4 is 34.6 Å². The van der Waals surface area contributed by atoms with Gasteiger partial charge in [-0.05, 0) is 76.8 Å². The number of aromatic nitrogens is 3. The molecule has 2 fully saturated rings. The van der Waals surface area contributed by atoms with E-state index in [0.717, 1.165) is 40.2 Å². The molecule has 3 aromatic rings.